The third-order valence-electron chi connectivity index (χ3n) is 5.38. The van der Waals surface area contributed by atoms with Gasteiger partial charge in [-0.15, -0.1) is 0 Å². The fourth-order valence-electron chi connectivity index (χ4n) is 4.19. The van der Waals surface area contributed by atoms with Crippen molar-refractivity contribution in [3.05, 3.63) is 66.0 Å². The van der Waals surface area contributed by atoms with Crippen molar-refractivity contribution in [2.45, 2.75) is 50.0 Å². The number of carbonyl (C=O) groups excluding carboxylic acids is 1. The van der Waals surface area contributed by atoms with E-state index in [-0.39, 0.29) is 24.8 Å². The van der Waals surface area contributed by atoms with Crippen LogP contribution in [-0.2, 0) is 16.9 Å². The molecule has 2 bridgehead atoms. The number of carbonyl (C=O) groups is 1. The van der Waals surface area contributed by atoms with Crippen LogP contribution in [-0.4, -0.2) is 33.2 Å². The van der Waals surface area contributed by atoms with E-state index >= 15 is 0 Å². The summed E-state index contributed by atoms with van der Waals surface area (Å²) in [6.07, 6.45) is 6.05. The first kappa shape index (κ1) is 16.1. The van der Waals surface area contributed by atoms with Gasteiger partial charge in [-0.3, -0.25) is 4.98 Å². The molecule has 2 saturated heterocycles. The number of fused-ring (bicyclic) bond motifs is 2. The summed E-state index contributed by atoms with van der Waals surface area (Å²) in [4.78, 5) is 18.6. The molecule has 2 fully saturated rings. The molecule has 2 aliphatic rings. The van der Waals surface area contributed by atoms with Gasteiger partial charge in [-0.1, -0.05) is 36.4 Å². The minimum Gasteiger partial charge on any atom is -0.445 e. The smallest absolute Gasteiger partial charge is 0.410 e. The summed E-state index contributed by atoms with van der Waals surface area (Å²) >= 11 is 0. The van der Waals surface area contributed by atoms with E-state index in [0.29, 0.717) is 12.8 Å². The Kier molecular flexibility index (Phi) is 4.17. The summed E-state index contributed by atoms with van der Waals surface area (Å²) in [7, 11) is 0. The standard InChI is InChI=1S/C20H22N2O3/c23-19(25-14-15-5-2-1-3-6-15)22-17-8-9-18(22)12-20(24,11-17)16-7-4-10-21-13-16/h1-7,10,13,17-18,24H,8-9,11-12,14H2. The summed E-state index contributed by atoms with van der Waals surface area (Å²) < 4.78 is 5.52. The van der Waals surface area contributed by atoms with Gasteiger partial charge in [0.1, 0.15) is 6.61 Å². The van der Waals surface area contributed by atoms with Crippen LogP contribution in [0.15, 0.2) is 54.9 Å². The fraction of sp³-hybridized carbons (Fsp3) is 0.400. The van der Waals surface area contributed by atoms with Gasteiger partial charge in [0.05, 0.1) is 5.60 Å². The fourth-order valence-corrected chi connectivity index (χ4v) is 4.19. The van der Waals surface area contributed by atoms with Crippen molar-refractivity contribution in [1.29, 1.82) is 0 Å². The molecule has 130 valence electrons. The topological polar surface area (TPSA) is 62.7 Å². The molecule has 0 radical (unpaired) electrons. The molecule has 0 saturated carbocycles. The maximum atomic E-state index is 12.6. The second-order valence-corrected chi connectivity index (χ2v) is 7.01. The van der Waals surface area contributed by atoms with Crippen molar-refractivity contribution in [2.75, 3.05) is 0 Å². The van der Waals surface area contributed by atoms with E-state index in [2.05, 4.69) is 4.98 Å². The number of nitrogens with zero attached hydrogens (tertiary/aromatic N) is 2. The highest BCUT2D eigenvalue weighted by atomic mass is 16.6. The lowest BCUT2D eigenvalue weighted by molar-refractivity contribution is -0.0538. The minimum absolute atomic E-state index is 0.0206. The van der Waals surface area contributed by atoms with Crippen LogP contribution in [0.1, 0.15) is 36.8 Å². The highest BCUT2D eigenvalue weighted by Gasteiger charge is 2.50. The maximum absolute atomic E-state index is 12.6. The monoisotopic (exact) mass is 338 g/mol. The van der Waals surface area contributed by atoms with Crippen molar-refractivity contribution < 1.29 is 14.6 Å². The molecule has 3 heterocycles. The van der Waals surface area contributed by atoms with Gasteiger partial charge in [-0.25, -0.2) is 4.79 Å². The Bertz CT molecular complexity index is 721. The number of ether oxygens (including phenoxy) is 1. The highest BCUT2D eigenvalue weighted by Crippen LogP contribution is 2.45. The Morgan fingerprint density at radius 3 is 2.52 bits per heavy atom. The number of benzene rings is 1. The summed E-state index contributed by atoms with van der Waals surface area (Å²) in [5.74, 6) is 0. The van der Waals surface area contributed by atoms with E-state index in [1.807, 2.05) is 47.4 Å². The van der Waals surface area contributed by atoms with Crippen molar-refractivity contribution in [3.63, 3.8) is 0 Å². The van der Waals surface area contributed by atoms with Gasteiger partial charge in [0.15, 0.2) is 0 Å². The average molecular weight is 338 g/mol. The molecular weight excluding hydrogens is 316 g/mol. The predicted molar refractivity (Wildman–Crippen MR) is 92.6 cm³/mol. The van der Waals surface area contributed by atoms with Crippen LogP contribution in [0, 0.1) is 0 Å². The van der Waals surface area contributed by atoms with E-state index in [9.17, 15) is 9.90 Å². The molecule has 25 heavy (non-hydrogen) atoms. The molecule has 1 N–H and O–H groups in total. The van der Waals surface area contributed by atoms with Gasteiger partial charge in [0.2, 0.25) is 0 Å². The molecule has 1 aromatic heterocycles. The Balaban J connectivity index is 1.44. The van der Waals surface area contributed by atoms with E-state index in [1.165, 1.54) is 0 Å². The van der Waals surface area contributed by atoms with Gasteiger partial charge >= 0.3 is 6.09 Å². The van der Waals surface area contributed by atoms with E-state index < -0.39 is 5.60 Å². The first-order valence-corrected chi connectivity index (χ1v) is 8.78. The van der Waals surface area contributed by atoms with Crippen LogP contribution < -0.4 is 0 Å². The second-order valence-electron chi connectivity index (χ2n) is 7.01. The summed E-state index contributed by atoms with van der Waals surface area (Å²) in [6.45, 7) is 0.280. The van der Waals surface area contributed by atoms with Crippen LogP contribution in [0.3, 0.4) is 0 Å². The summed E-state index contributed by atoms with van der Waals surface area (Å²) in [6, 6.07) is 13.5. The number of piperidine rings is 1. The lowest BCUT2D eigenvalue weighted by Gasteiger charge is -2.43. The molecule has 2 unspecified atom stereocenters. The largest absolute Gasteiger partial charge is 0.445 e. The summed E-state index contributed by atoms with van der Waals surface area (Å²) in [5, 5.41) is 11.1. The van der Waals surface area contributed by atoms with Gasteiger partial charge in [0, 0.05) is 42.9 Å². The zero-order chi connectivity index (χ0) is 17.3. The molecule has 2 aromatic rings. The van der Waals surface area contributed by atoms with E-state index in [1.54, 1.807) is 12.4 Å². The van der Waals surface area contributed by atoms with Crippen LogP contribution in [0.4, 0.5) is 4.79 Å². The quantitative estimate of drug-likeness (QED) is 0.933. The Morgan fingerprint density at radius 2 is 1.88 bits per heavy atom. The zero-order valence-corrected chi connectivity index (χ0v) is 14.0. The zero-order valence-electron chi connectivity index (χ0n) is 14.0. The molecule has 2 aliphatic heterocycles. The average Bonchev–Trinajstić information content (AvgIpc) is 2.93. The van der Waals surface area contributed by atoms with Crippen LogP contribution in [0.25, 0.3) is 0 Å². The predicted octanol–water partition coefficient (Wildman–Crippen LogP) is 3.23. The van der Waals surface area contributed by atoms with E-state index in [0.717, 1.165) is 24.0 Å². The number of hydrogen-bond acceptors (Lipinski definition) is 4. The third kappa shape index (κ3) is 3.12. The molecule has 1 amide bonds. The first-order chi connectivity index (χ1) is 12.2. The molecule has 1 aromatic carbocycles. The number of hydrogen-bond donors (Lipinski definition) is 1. The van der Waals surface area contributed by atoms with Gasteiger partial charge in [-0.05, 0) is 24.5 Å². The van der Waals surface area contributed by atoms with Gasteiger partial charge in [-0.2, -0.15) is 0 Å². The molecule has 5 heteroatoms. The number of pyridine rings is 1. The van der Waals surface area contributed by atoms with Crippen molar-refractivity contribution >= 4 is 6.09 Å². The molecular formula is C20H22N2O3. The number of rotatable bonds is 3. The Hall–Kier alpha value is -2.40. The van der Waals surface area contributed by atoms with Crippen LogP contribution >= 0.6 is 0 Å². The lowest BCUT2D eigenvalue weighted by Crippen LogP contribution is -2.52. The van der Waals surface area contributed by atoms with Crippen LogP contribution in [0.5, 0.6) is 0 Å². The minimum atomic E-state index is -0.906. The lowest BCUT2D eigenvalue weighted by atomic mass is 9.81. The van der Waals surface area contributed by atoms with Gasteiger partial charge in [0.25, 0.3) is 0 Å². The third-order valence-corrected chi connectivity index (χ3v) is 5.38. The molecule has 5 nitrogen and oxygen atoms in total. The Morgan fingerprint density at radius 1 is 1.16 bits per heavy atom. The van der Waals surface area contributed by atoms with Crippen LogP contribution in [0.2, 0.25) is 0 Å². The highest BCUT2D eigenvalue weighted by molar-refractivity contribution is 5.69. The molecule has 0 aliphatic carbocycles. The second kappa shape index (κ2) is 6.48. The first-order valence-electron chi connectivity index (χ1n) is 8.78. The molecule has 2 atom stereocenters. The number of amides is 1. The number of aliphatic hydroxyl groups is 1. The van der Waals surface area contributed by atoms with E-state index in [4.69, 9.17) is 4.74 Å². The molecule has 4 rings (SSSR count). The molecule has 0 spiro atoms. The summed E-state index contributed by atoms with van der Waals surface area (Å²) in [5.41, 5.74) is 0.910. The normalized spacial score (nSPS) is 28.0. The van der Waals surface area contributed by atoms with Gasteiger partial charge < -0.3 is 14.7 Å². The maximum Gasteiger partial charge on any atom is 0.410 e. The Labute approximate surface area is 147 Å². The van der Waals surface area contributed by atoms with Crippen molar-refractivity contribution in [1.82, 2.24) is 9.88 Å². The SMILES string of the molecule is O=C(OCc1ccccc1)N1C2CCC1CC(O)(c1cccnc1)C2. The number of aromatic nitrogens is 1. The van der Waals surface area contributed by atoms with Crippen molar-refractivity contribution in [2.24, 2.45) is 0 Å². The van der Waals surface area contributed by atoms with Crippen molar-refractivity contribution in [3.8, 4) is 0 Å².